The summed E-state index contributed by atoms with van der Waals surface area (Å²) < 4.78 is 0.955. The largest absolute Gasteiger partial charge is 0.336 e. The highest BCUT2D eigenvalue weighted by molar-refractivity contribution is 9.10. The lowest BCUT2D eigenvalue weighted by atomic mass is 10.2. The minimum atomic E-state index is -0.278. The molecule has 0 bridgehead atoms. The van der Waals surface area contributed by atoms with Gasteiger partial charge in [-0.05, 0) is 17.7 Å². The molecule has 0 fully saturated rings. The molecule has 4 nitrogen and oxygen atoms in total. The maximum atomic E-state index is 12.2. The van der Waals surface area contributed by atoms with Crippen molar-refractivity contribution in [2.24, 2.45) is 0 Å². The first-order valence-corrected chi connectivity index (χ1v) is 6.55. The normalized spacial score (nSPS) is 10.2. The summed E-state index contributed by atoms with van der Waals surface area (Å²) in [6.45, 7) is 0.469. The highest BCUT2D eigenvalue weighted by Gasteiger charge is 2.13. The van der Waals surface area contributed by atoms with Crippen molar-refractivity contribution in [3.63, 3.8) is 0 Å². The van der Waals surface area contributed by atoms with Crippen LogP contribution in [0, 0.1) is 0 Å². The zero-order chi connectivity index (χ0) is 13.8. The minimum Gasteiger partial charge on any atom is -0.336 e. The van der Waals surface area contributed by atoms with Gasteiger partial charge in [0, 0.05) is 24.1 Å². The summed E-state index contributed by atoms with van der Waals surface area (Å²) in [5.41, 5.74) is 1.03. The molecule has 0 aliphatic heterocycles. The number of rotatable bonds is 3. The van der Waals surface area contributed by atoms with Gasteiger partial charge in [-0.3, -0.25) is 9.59 Å². The Hall–Kier alpha value is -1.88. The van der Waals surface area contributed by atoms with E-state index in [4.69, 9.17) is 0 Å². The third kappa shape index (κ3) is 3.32. The molecule has 0 saturated heterocycles. The van der Waals surface area contributed by atoms with Gasteiger partial charge in [0.2, 0.25) is 5.56 Å². The van der Waals surface area contributed by atoms with Crippen molar-refractivity contribution >= 4 is 21.8 Å². The van der Waals surface area contributed by atoms with Gasteiger partial charge in [0.15, 0.2) is 0 Å². The topological polar surface area (TPSA) is 53.2 Å². The number of carbonyl (C=O) groups is 1. The summed E-state index contributed by atoms with van der Waals surface area (Å²) in [5, 5.41) is 0. The van der Waals surface area contributed by atoms with Crippen LogP contribution < -0.4 is 5.56 Å². The molecule has 0 saturated carbocycles. The third-order valence-corrected chi connectivity index (χ3v) is 3.48. The molecule has 0 aliphatic rings. The number of nitrogens with zero attached hydrogens (tertiary/aromatic N) is 1. The molecule has 1 amide bonds. The van der Waals surface area contributed by atoms with Gasteiger partial charge in [-0.15, -0.1) is 0 Å². The van der Waals surface area contributed by atoms with Crippen LogP contribution >= 0.6 is 15.9 Å². The maximum Gasteiger partial charge on any atom is 0.270 e. The molecule has 5 heteroatoms. The van der Waals surface area contributed by atoms with Gasteiger partial charge in [-0.25, -0.2) is 0 Å². The molecule has 1 aromatic carbocycles. The summed E-state index contributed by atoms with van der Waals surface area (Å²) in [6.07, 6.45) is 0. The number of H-pyrrole nitrogens is 1. The molecule has 1 N–H and O–H groups in total. The summed E-state index contributed by atoms with van der Waals surface area (Å²) in [7, 11) is 1.70. The van der Waals surface area contributed by atoms with E-state index in [2.05, 4.69) is 20.9 Å². The number of benzene rings is 1. The van der Waals surface area contributed by atoms with E-state index in [9.17, 15) is 9.59 Å². The smallest absolute Gasteiger partial charge is 0.270 e. The zero-order valence-electron chi connectivity index (χ0n) is 10.4. The van der Waals surface area contributed by atoms with Crippen molar-refractivity contribution in [3.8, 4) is 0 Å². The van der Waals surface area contributed by atoms with Gasteiger partial charge < -0.3 is 9.88 Å². The quantitative estimate of drug-likeness (QED) is 0.944. The first-order valence-electron chi connectivity index (χ1n) is 5.76. The molecular formula is C14H13BrN2O2. The molecule has 0 unspecified atom stereocenters. The Morgan fingerprint density at radius 1 is 1.21 bits per heavy atom. The van der Waals surface area contributed by atoms with E-state index in [0.717, 1.165) is 10.0 Å². The molecular weight excluding hydrogens is 308 g/mol. The number of hydrogen-bond acceptors (Lipinski definition) is 2. The zero-order valence-corrected chi connectivity index (χ0v) is 12.0. The van der Waals surface area contributed by atoms with Gasteiger partial charge in [-0.2, -0.15) is 0 Å². The van der Waals surface area contributed by atoms with Crippen LogP contribution in [-0.4, -0.2) is 22.8 Å². The molecule has 2 aromatic rings. The van der Waals surface area contributed by atoms with Gasteiger partial charge in [-0.1, -0.05) is 40.2 Å². The molecule has 98 valence electrons. The number of amides is 1. The number of halogens is 1. The Morgan fingerprint density at radius 2 is 1.95 bits per heavy atom. The van der Waals surface area contributed by atoms with Crippen LogP contribution in [0.5, 0.6) is 0 Å². The van der Waals surface area contributed by atoms with Crippen LogP contribution in [0.25, 0.3) is 0 Å². The van der Waals surface area contributed by atoms with E-state index in [1.165, 1.54) is 6.07 Å². The van der Waals surface area contributed by atoms with Gasteiger partial charge >= 0.3 is 0 Å². The van der Waals surface area contributed by atoms with Crippen molar-refractivity contribution in [2.45, 2.75) is 6.54 Å². The number of aromatic amines is 1. The van der Waals surface area contributed by atoms with Crippen LogP contribution in [0.2, 0.25) is 0 Å². The standard InChI is InChI=1S/C14H13BrN2O2/c1-17(9-10-5-2-3-6-11(10)15)14(19)12-7-4-8-13(18)16-12/h2-8H,9H2,1H3,(H,16,18). The van der Waals surface area contributed by atoms with Gasteiger partial charge in [0.25, 0.3) is 5.91 Å². The summed E-state index contributed by atoms with van der Waals surface area (Å²) in [4.78, 5) is 27.4. The third-order valence-electron chi connectivity index (χ3n) is 2.71. The van der Waals surface area contributed by atoms with E-state index >= 15 is 0 Å². The van der Waals surface area contributed by atoms with Gasteiger partial charge in [0.05, 0.1) is 0 Å². The molecule has 19 heavy (non-hydrogen) atoms. The number of carbonyl (C=O) groups excluding carboxylic acids is 1. The second-order valence-electron chi connectivity index (χ2n) is 4.18. The first kappa shape index (κ1) is 13.5. The second kappa shape index (κ2) is 5.84. The number of nitrogens with one attached hydrogen (secondary N) is 1. The minimum absolute atomic E-state index is 0.214. The fraction of sp³-hybridized carbons (Fsp3) is 0.143. The molecule has 1 heterocycles. The van der Waals surface area contributed by atoms with E-state index < -0.39 is 0 Å². The van der Waals surface area contributed by atoms with Gasteiger partial charge in [0.1, 0.15) is 5.69 Å². The van der Waals surface area contributed by atoms with Crippen molar-refractivity contribution in [3.05, 3.63) is 68.5 Å². The molecule has 0 atom stereocenters. The van der Waals surface area contributed by atoms with Crippen molar-refractivity contribution in [1.29, 1.82) is 0 Å². The predicted molar refractivity (Wildman–Crippen MR) is 77.0 cm³/mol. The predicted octanol–water partition coefficient (Wildman–Crippen LogP) is 2.41. The highest BCUT2D eigenvalue weighted by Crippen LogP contribution is 2.17. The monoisotopic (exact) mass is 320 g/mol. The lowest BCUT2D eigenvalue weighted by Crippen LogP contribution is -2.28. The molecule has 0 radical (unpaired) electrons. The van der Waals surface area contributed by atoms with Crippen LogP contribution in [0.1, 0.15) is 16.1 Å². The SMILES string of the molecule is CN(Cc1ccccc1Br)C(=O)c1cccc(=O)[nH]1. The number of aromatic nitrogens is 1. The fourth-order valence-corrected chi connectivity index (χ4v) is 2.14. The fourth-order valence-electron chi connectivity index (χ4n) is 1.73. The summed E-state index contributed by atoms with van der Waals surface area (Å²) >= 11 is 3.45. The lowest BCUT2D eigenvalue weighted by molar-refractivity contribution is 0.0779. The Morgan fingerprint density at radius 3 is 2.63 bits per heavy atom. The molecule has 1 aromatic heterocycles. The van der Waals surface area contributed by atoms with E-state index in [-0.39, 0.29) is 11.5 Å². The van der Waals surface area contributed by atoms with Crippen LogP contribution in [0.3, 0.4) is 0 Å². The van der Waals surface area contributed by atoms with E-state index in [1.807, 2.05) is 24.3 Å². The molecule has 0 spiro atoms. The summed E-state index contributed by atoms with van der Waals surface area (Å²) in [6, 6.07) is 12.3. The van der Waals surface area contributed by atoms with Crippen LogP contribution in [0.15, 0.2) is 51.7 Å². The van der Waals surface area contributed by atoms with Crippen molar-refractivity contribution < 1.29 is 4.79 Å². The maximum absolute atomic E-state index is 12.2. The Labute approximate surface area is 119 Å². The van der Waals surface area contributed by atoms with E-state index in [0.29, 0.717) is 12.2 Å². The second-order valence-corrected chi connectivity index (χ2v) is 5.04. The first-order chi connectivity index (χ1) is 9.08. The number of hydrogen-bond donors (Lipinski definition) is 1. The Kier molecular flexibility index (Phi) is 4.16. The van der Waals surface area contributed by atoms with E-state index in [1.54, 1.807) is 24.1 Å². The van der Waals surface area contributed by atoms with Crippen LogP contribution in [-0.2, 0) is 6.54 Å². The van der Waals surface area contributed by atoms with Crippen LogP contribution in [0.4, 0.5) is 0 Å². The van der Waals surface area contributed by atoms with Crippen molar-refractivity contribution in [2.75, 3.05) is 7.05 Å². The summed E-state index contributed by atoms with van der Waals surface area (Å²) in [5.74, 6) is -0.214. The highest BCUT2D eigenvalue weighted by atomic mass is 79.9. The Balaban J connectivity index is 2.16. The average molecular weight is 321 g/mol. The Bertz CT molecular complexity index is 652. The number of pyridine rings is 1. The lowest BCUT2D eigenvalue weighted by Gasteiger charge is -2.17. The molecule has 0 aliphatic carbocycles. The van der Waals surface area contributed by atoms with Crippen molar-refractivity contribution in [1.82, 2.24) is 9.88 Å². The average Bonchev–Trinajstić information content (AvgIpc) is 2.40. The molecule has 2 rings (SSSR count).